The lowest BCUT2D eigenvalue weighted by molar-refractivity contribution is 0.275. The molecule has 3 aromatic rings. The highest BCUT2D eigenvalue weighted by atomic mass is 31.2. The fourth-order valence-electron chi connectivity index (χ4n) is 1.30. The molecule has 0 aliphatic heterocycles. The molecule has 3 N–H and O–H groups in total. The Kier molecular flexibility index (Phi) is 2.95. The normalized spacial score (nSPS) is 11.5. The highest BCUT2D eigenvalue weighted by Crippen LogP contribution is 2.25. The van der Waals surface area contributed by atoms with E-state index in [1.807, 2.05) is 28.7 Å². The minimum Gasteiger partial charge on any atom is -0.422 e. The highest BCUT2D eigenvalue weighted by molar-refractivity contribution is 7.45. The third kappa shape index (κ3) is 2.89. The Morgan fingerprint density at radius 2 is 1.88 bits per heavy atom. The maximum atomic E-state index is 8.88. The largest absolute Gasteiger partial charge is 0.466 e. The molecule has 3 rings (SSSR count). The summed E-state index contributed by atoms with van der Waals surface area (Å²) in [4.78, 5) is 21.6. The zero-order valence-corrected chi connectivity index (χ0v) is 9.23. The van der Waals surface area contributed by atoms with Crippen molar-refractivity contribution in [3.05, 3.63) is 30.6 Å². The molecule has 0 aliphatic carbocycles. The van der Waals surface area contributed by atoms with Crippen molar-refractivity contribution in [2.75, 3.05) is 0 Å². The molecule has 0 unspecified atom stereocenters. The molecule has 17 heavy (non-hydrogen) atoms. The van der Waals surface area contributed by atoms with E-state index < -0.39 is 7.82 Å². The van der Waals surface area contributed by atoms with Gasteiger partial charge in [0.05, 0.1) is 5.52 Å². The molecule has 0 spiro atoms. The predicted octanol–water partition coefficient (Wildman–Crippen LogP) is 0.547. The summed E-state index contributed by atoms with van der Waals surface area (Å²) in [5.74, 6) is 0.538. The monoisotopic (exact) mass is 257 g/mol. The van der Waals surface area contributed by atoms with Crippen LogP contribution in [-0.4, -0.2) is 29.3 Å². The summed E-state index contributed by atoms with van der Waals surface area (Å²) in [5.41, 5.74) is 1.83. The van der Waals surface area contributed by atoms with E-state index in [1.54, 1.807) is 6.33 Å². The molecule has 1 aromatic carbocycles. The van der Waals surface area contributed by atoms with Gasteiger partial charge in [-0.1, -0.05) is 17.2 Å². The average molecular weight is 257 g/mol. The van der Waals surface area contributed by atoms with Gasteiger partial charge in [0.25, 0.3) is 0 Å². The number of oxazole rings is 1. The molecular weight excluding hydrogens is 249 g/mol. The number of aromatic nitrogens is 3. The molecule has 0 radical (unpaired) electrons. The minimum atomic E-state index is -4.64. The third-order valence-corrected chi connectivity index (χ3v) is 1.84. The molecule has 0 atom stereocenters. The number of benzene rings is 1. The van der Waals surface area contributed by atoms with Gasteiger partial charge in [0.2, 0.25) is 0 Å². The number of fused-ring (bicyclic) bond motifs is 3. The van der Waals surface area contributed by atoms with Crippen molar-refractivity contribution in [2.24, 2.45) is 0 Å². The topological polar surface area (TPSA) is 121 Å². The van der Waals surface area contributed by atoms with Crippen molar-refractivity contribution < 1.29 is 23.7 Å². The Hall–Kier alpha value is -1.73. The molecule has 90 valence electrons. The standard InChI is InChI=1S/C8H5N3O.H3O4P/c1-2-4-7-6(3-1)11-5-9-10-8(11)12-7;1-5(2,3)4/h1-5H;(H3,1,2,3,4). The van der Waals surface area contributed by atoms with Gasteiger partial charge in [-0.05, 0) is 12.1 Å². The SMILES string of the molecule is O=P(O)(O)O.c1ccc2c(c1)oc1nncn12. The van der Waals surface area contributed by atoms with Gasteiger partial charge >= 0.3 is 13.7 Å². The van der Waals surface area contributed by atoms with Gasteiger partial charge in [-0.15, -0.1) is 5.10 Å². The van der Waals surface area contributed by atoms with E-state index in [1.165, 1.54) is 0 Å². The van der Waals surface area contributed by atoms with E-state index >= 15 is 0 Å². The van der Waals surface area contributed by atoms with E-state index in [0.717, 1.165) is 11.1 Å². The van der Waals surface area contributed by atoms with Crippen LogP contribution in [0.5, 0.6) is 0 Å². The average Bonchev–Trinajstić information content (AvgIpc) is 2.73. The van der Waals surface area contributed by atoms with Gasteiger partial charge in [-0.25, -0.2) is 8.97 Å². The van der Waals surface area contributed by atoms with Gasteiger partial charge in [0.1, 0.15) is 6.33 Å². The quantitative estimate of drug-likeness (QED) is 0.502. The zero-order valence-electron chi connectivity index (χ0n) is 8.33. The van der Waals surface area contributed by atoms with Crippen LogP contribution in [0.2, 0.25) is 0 Å². The van der Waals surface area contributed by atoms with Gasteiger partial charge < -0.3 is 19.1 Å². The van der Waals surface area contributed by atoms with Crippen molar-refractivity contribution in [3.63, 3.8) is 0 Å². The molecule has 0 bridgehead atoms. The van der Waals surface area contributed by atoms with Crippen LogP contribution in [0.25, 0.3) is 16.9 Å². The smallest absolute Gasteiger partial charge is 0.422 e. The van der Waals surface area contributed by atoms with Gasteiger partial charge in [-0.2, -0.15) is 0 Å². The van der Waals surface area contributed by atoms with E-state index in [4.69, 9.17) is 23.7 Å². The second-order valence-electron chi connectivity index (χ2n) is 3.07. The number of nitrogens with zero attached hydrogens (tertiary/aromatic N) is 3. The Bertz CT molecular complexity index is 675. The van der Waals surface area contributed by atoms with Gasteiger partial charge in [-0.3, -0.25) is 0 Å². The lowest BCUT2D eigenvalue weighted by Crippen LogP contribution is -1.74. The summed E-state index contributed by atoms with van der Waals surface area (Å²) in [6, 6.07) is 7.76. The second kappa shape index (κ2) is 4.27. The number of hydrogen-bond acceptors (Lipinski definition) is 4. The molecular formula is C8H8N3O5P. The van der Waals surface area contributed by atoms with Crippen LogP contribution in [0, 0.1) is 0 Å². The molecule has 0 fully saturated rings. The maximum Gasteiger partial charge on any atom is 0.466 e. The first-order chi connectivity index (χ1) is 7.95. The van der Waals surface area contributed by atoms with E-state index in [-0.39, 0.29) is 0 Å². The van der Waals surface area contributed by atoms with Crippen LogP contribution in [0.15, 0.2) is 35.0 Å². The molecule has 0 saturated carbocycles. The van der Waals surface area contributed by atoms with E-state index in [0.29, 0.717) is 5.84 Å². The highest BCUT2D eigenvalue weighted by Gasteiger charge is 2.05. The third-order valence-electron chi connectivity index (χ3n) is 1.84. The molecule has 2 aromatic heterocycles. The Morgan fingerprint density at radius 1 is 1.24 bits per heavy atom. The molecule has 0 amide bonds. The van der Waals surface area contributed by atoms with E-state index in [2.05, 4.69) is 10.2 Å². The van der Waals surface area contributed by atoms with Crippen molar-refractivity contribution in [1.29, 1.82) is 0 Å². The molecule has 2 heterocycles. The van der Waals surface area contributed by atoms with Crippen LogP contribution in [0.3, 0.4) is 0 Å². The summed E-state index contributed by atoms with van der Waals surface area (Å²) >= 11 is 0. The first-order valence-electron chi connectivity index (χ1n) is 4.41. The Balaban J connectivity index is 0.000000188. The van der Waals surface area contributed by atoms with Crippen LogP contribution in [0.1, 0.15) is 0 Å². The summed E-state index contributed by atoms with van der Waals surface area (Å²) in [7, 11) is -4.64. The molecule has 0 saturated heterocycles. The first kappa shape index (κ1) is 11.7. The first-order valence-corrected chi connectivity index (χ1v) is 5.97. The Labute approximate surface area is 94.4 Å². The number of para-hydroxylation sites is 2. The lowest BCUT2D eigenvalue weighted by Gasteiger charge is -1.83. The van der Waals surface area contributed by atoms with Crippen LogP contribution in [-0.2, 0) is 4.57 Å². The predicted molar refractivity (Wildman–Crippen MR) is 57.0 cm³/mol. The number of rotatable bonds is 0. The molecule has 0 aliphatic rings. The van der Waals surface area contributed by atoms with Gasteiger partial charge in [0, 0.05) is 0 Å². The summed E-state index contributed by atoms with van der Waals surface area (Å²) < 4.78 is 16.1. The summed E-state index contributed by atoms with van der Waals surface area (Å²) in [5, 5.41) is 7.53. The van der Waals surface area contributed by atoms with Crippen molar-refractivity contribution in [2.45, 2.75) is 0 Å². The molecule has 8 nitrogen and oxygen atoms in total. The fourth-order valence-corrected chi connectivity index (χ4v) is 1.30. The van der Waals surface area contributed by atoms with E-state index in [9.17, 15) is 0 Å². The summed E-state index contributed by atoms with van der Waals surface area (Å²) in [6.45, 7) is 0. The molecule has 9 heteroatoms. The van der Waals surface area contributed by atoms with Crippen molar-refractivity contribution >= 4 is 24.8 Å². The van der Waals surface area contributed by atoms with Crippen molar-refractivity contribution in [1.82, 2.24) is 14.6 Å². The number of hydrogen-bond donors (Lipinski definition) is 3. The second-order valence-corrected chi connectivity index (χ2v) is 4.09. The van der Waals surface area contributed by atoms with Gasteiger partial charge in [0.15, 0.2) is 5.58 Å². The maximum absolute atomic E-state index is 8.88. The van der Waals surface area contributed by atoms with Crippen LogP contribution >= 0.6 is 7.82 Å². The van der Waals surface area contributed by atoms with Crippen molar-refractivity contribution in [3.8, 4) is 0 Å². The zero-order chi connectivity index (χ0) is 12.5. The Morgan fingerprint density at radius 3 is 2.59 bits per heavy atom. The fraction of sp³-hybridized carbons (Fsp3) is 0. The lowest BCUT2D eigenvalue weighted by atomic mass is 10.3. The van der Waals surface area contributed by atoms with Crippen LogP contribution in [0.4, 0.5) is 0 Å². The number of phosphoric acid groups is 1. The van der Waals surface area contributed by atoms with Crippen LogP contribution < -0.4 is 0 Å². The minimum absolute atomic E-state index is 0.538. The summed E-state index contributed by atoms with van der Waals surface area (Å²) in [6.07, 6.45) is 1.64.